The van der Waals surface area contributed by atoms with E-state index in [0.717, 1.165) is 19.4 Å². The van der Waals surface area contributed by atoms with Gasteiger partial charge < -0.3 is 0 Å². The fourth-order valence-corrected chi connectivity index (χ4v) is 3.06. The van der Waals surface area contributed by atoms with Gasteiger partial charge in [-0.05, 0) is 43.4 Å². The molecular formula is C16H20N4O2. The van der Waals surface area contributed by atoms with Gasteiger partial charge in [0.2, 0.25) is 0 Å². The average Bonchev–Trinajstić information content (AvgIpc) is 3.12. The summed E-state index contributed by atoms with van der Waals surface area (Å²) in [5.74, 6) is 0. The van der Waals surface area contributed by atoms with E-state index in [-0.39, 0.29) is 5.69 Å². The van der Waals surface area contributed by atoms with Gasteiger partial charge in [0.1, 0.15) is 12.4 Å². The Labute approximate surface area is 129 Å². The summed E-state index contributed by atoms with van der Waals surface area (Å²) >= 11 is 0. The van der Waals surface area contributed by atoms with Crippen molar-refractivity contribution in [2.45, 2.75) is 39.4 Å². The highest BCUT2D eigenvalue weighted by Crippen LogP contribution is 2.33. The fourth-order valence-electron chi connectivity index (χ4n) is 3.06. The molecule has 0 N–H and O–H groups in total. The lowest BCUT2D eigenvalue weighted by molar-refractivity contribution is -0.385. The van der Waals surface area contributed by atoms with Gasteiger partial charge in [-0.1, -0.05) is 18.2 Å². The Hall–Kier alpha value is -2.21. The largest absolute Gasteiger partial charge is 0.307 e. The van der Waals surface area contributed by atoms with E-state index in [0.29, 0.717) is 12.7 Å². The first-order chi connectivity index (χ1) is 10.5. The zero-order chi connectivity index (χ0) is 15.7. The predicted octanol–water partition coefficient (Wildman–Crippen LogP) is 3.20. The molecule has 1 fully saturated rings. The summed E-state index contributed by atoms with van der Waals surface area (Å²) in [6.07, 6.45) is 5.06. The lowest BCUT2D eigenvalue weighted by atomic mass is 9.99. The summed E-state index contributed by atoms with van der Waals surface area (Å²) in [6, 6.07) is 6.98. The fraction of sp³-hybridized carbons (Fsp3) is 0.438. The standard InChI is InChI=1S/C16H20N4O2/c1-12-5-6-14(8-13(12)2)16-4-3-7-18(16)11-19-10-15(9-17-19)20(21)22/h5-6,8-10,16H,3-4,7,11H2,1-2H3. The van der Waals surface area contributed by atoms with Crippen LogP contribution in [-0.4, -0.2) is 26.1 Å². The molecule has 3 rings (SSSR count). The highest BCUT2D eigenvalue weighted by atomic mass is 16.6. The third kappa shape index (κ3) is 2.87. The molecule has 1 atom stereocenters. The summed E-state index contributed by atoms with van der Waals surface area (Å²) in [4.78, 5) is 12.7. The van der Waals surface area contributed by atoms with Crippen molar-refractivity contribution in [3.05, 3.63) is 57.4 Å². The minimum atomic E-state index is -0.408. The summed E-state index contributed by atoms with van der Waals surface area (Å²) in [6.45, 7) is 5.83. The highest BCUT2D eigenvalue weighted by Gasteiger charge is 2.26. The first-order valence-electron chi connectivity index (χ1n) is 7.52. The van der Waals surface area contributed by atoms with Crippen LogP contribution in [0.2, 0.25) is 0 Å². The van der Waals surface area contributed by atoms with E-state index in [9.17, 15) is 10.1 Å². The second-order valence-electron chi connectivity index (χ2n) is 5.95. The van der Waals surface area contributed by atoms with Crippen LogP contribution in [0.5, 0.6) is 0 Å². The lowest BCUT2D eigenvalue weighted by Crippen LogP contribution is -2.26. The molecule has 2 heterocycles. The SMILES string of the molecule is Cc1ccc(C2CCCN2Cn2cc([N+](=O)[O-])cn2)cc1C. The maximum Gasteiger partial charge on any atom is 0.307 e. The molecule has 0 aliphatic carbocycles. The van der Waals surface area contributed by atoms with Crippen LogP contribution in [0.25, 0.3) is 0 Å². The molecule has 1 aromatic heterocycles. The van der Waals surface area contributed by atoms with Gasteiger partial charge in [0.25, 0.3) is 0 Å². The van der Waals surface area contributed by atoms with Crippen LogP contribution in [0, 0.1) is 24.0 Å². The number of aromatic nitrogens is 2. The number of hydrogen-bond donors (Lipinski definition) is 0. The molecule has 6 nitrogen and oxygen atoms in total. The molecule has 1 saturated heterocycles. The number of rotatable bonds is 4. The van der Waals surface area contributed by atoms with E-state index in [1.807, 2.05) is 0 Å². The predicted molar refractivity (Wildman–Crippen MR) is 83.5 cm³/mol. The lowest BCUT2D eigenvalue weighted by Gasteiger charge is -2.25. The molecule has 116 valence electrons. The molecule has 2 aromatic rings. The van der Waals surface area contributed by atoms with Crippen molar-refractivity contribution >= 4 is 5.69 Å². The number of nitro groups is 1. The minimum Gasteiger partial charge on any atom is -0.277 e. The van der Waals surface area contributed by atoms with Gasteiger partial charge in [-0.15, -0.1) is 0 Å². The van der Waals surface area contributed by atoms with Crippen LogP contribution in [0.3, 0.4) is 0 Å². The Morgan fingerprint density at radius 3 is 2.86 bits per heavy atom. The molecule has 6 heteroatoms. The topological polar surface area (TPSA) is 64.2 Å². The highest BCUT2D eigenvalue weighted by molar-refractivity contribution is 5.32. The molecule has 0 bridgehead atoms. The maximum absolute atomic E-state index is 10.7. The van der Waals surface area contributed by atoms with E-state index in [2.05, 4.69) is 42.0 Å². The second-order valence-corrected chi connectivity index (χ2v) is 5.95. The second kappa shape index (κ2) is 5.88. The van der Waals surface area contributed by atoms with Crippen LogP contribution in [0.4, 0.5) is 5.69 Å². The zero-order valence-electron chi connectivity index (χ0n) is 12.9. The third-order valence-electron chi connectivity index (χ3n) is 4.44. The quantitative estimate of drug-likeness (QED) is 0.642. The van der Waals surface area contributed by atoms with Gasteiger partial charge in [0.05, 0.1) is 11.6 Å². The van der Waals surface area contributed by atoms with Crippen LogP contribution < -0.4 is 0 Å². The summed E-state index contributed by atoms with van der Waals surface area (Å²) < 4.78 is 1.65. The number of benzene rings is 1. The molecule has 0 spiro atoms. The van der Waals surface area contributed by atoms with Gasteiger partial charge in [-0.3, -0.25) is 19.7 Å². The first kappa shape index (κ1) is 14.7. The number of likely N-dealkylation sites (tertiary alicyclic amines) is 1. The van der Waals surface area contributed by atoms with Crippen molar-refractivity contribution in [3.8, 4) is 0 Å². The van der Waals surface area contributed by atoms with Crippen molar-refractivity contribution < 1.29 is 4.92 Å². The van der Waals surface area contributed by atoms with Crippen molar-refractivity contribution in [3.63, 3.8) is 0 Å². The molecular weight excluding hydrogens is 280 g/mol. The smallest absolute Gasteiger partial charge is 0.277 e. The van der Waals surface area contributed by atoms with Gasteiger partial charge in [-0.2, -0.15) is 5.10 Å². The zero-order valence-corrected chi connectivity index (χ0v) is 12.9. The van der Waals surface area contributed by atoms with Gasteiger partial charge >= 0.3 is 5.69 Å². The van der Waals surface area contributed by atoms with Gasteiger partial charge in [0.15, 0.2) is 0 Å². The van der Waals surface area contributed by atoms with Crippen LogP contribution in [0.1, 0.15) is 35.6 Å². The van der Waals surface area contributed by atoms with E-state index in [1.54, 1.807) is 4.68 Å². The van der Waals surface area contributed by atoms with E-state index >= 15 is 0 Å². The molecule has 1 unspecified atom stereocenters. The van der Waals surface area contributed by atoms with Crippen molar-refractivity contribution in [1.82, 2.24) is 14.7 Å². The summed E-state index contributed by atoms with van der Waals surface area (Å²) in [5.41, 5.74) is 3.97. The monoisotopic (exact) mass is 300 g/mol. The Balaban J connectivity index is 1.77. The van der Waals surface area contributed by atoms with E-state index < -0.39 is 4.92 Å². The third-order valence-corrected chi connectivity index (χ3v) is 4.44. The number of aryl methyl sites for hydroxylation is 2. The van der Waals surface area contributed by atoms with E-state index in [4.69, 9.17) is 0 Å². The van der Waals surface area contributed by atoms with E-state index in [1.165, 1.54) is 29.1 Å². The van der Waals surface area contributed by atoms with Crippen molar-refractivity contribution in [1.29, 1.82) is 0 Å². The molecule has 1 aromatic carbocycles. The van der Waals surface area contributed by atoms with Crippen molar-refractivity contribution in [2.24, 2.45) is 0 Å². The average molecular weight is 300 g/mol. The number of nitrogens with zero attached hydrogens (tertiary/aromatic N) is 4. The minimum absolute atomic E-state index is 0.0435. The molecule has 0 radical (unpaired) electrons. The Morgan fingerprint density at radius 1 is 1.36 bits per heavy atom. The van der Waals surface area contributed by atoms with Gasteiger partial charge in [0, 0.05) is 12.6 Å². The van der Waals surface area contributed by atoms with Gasteiger partial charge in [-0.25, -0.2) is 0 Å². The maximum atomic E-state index is 10.7. The molecule has 0 saturated carbocycles. The summed E-state index contributed by atoms with van der Waals surface area (Å²) in [7, 11) is 0. The molecule has 22 heavy (non-hydrogen) atoms. The first-order valence-corrected chi connectivity index (χ1v) is 7.52. The van der Waals surface area contributed by atoms with Crippen molar-refractivity contribution in [2.75, 3.05) is 6.54 Å². The van der Waals surface area contributed by atoms with Crippen LogP contribution in [-0.2, 0) is 6.67 Å². The molecule has 1 aliphatic heterocycles. The Bertz CT molecular complexity index is 695. The normalized spacial score (nSPS) is 18.7. The molecule has 1 aliphatic rings. The summed E-state index contributed by atoms with van der Waals surface area (Å²) in [5, 5.41) is 14.8. The number of hydrogen-bond acceptors (Lipinski definition) is 4. The van der Waals surface area contributed by atoms with Crippen LogP contribution >= 0.6 is 0 Å². The Kier molecular flexibility index (Phi) is 3.94. The van der Waals surface area contributed by atoms with Crippen LogP contribution in [0.15, 0.2) is 30.6 Å². The molecule has 0 amide bonds. The Morgan fingerprint density at radius 2 is 2.18 bits per heavy atom.